The van der Waals surface area contributed by atoms with E-state index in [4.69, 9.17) is 9.47 Å². The Morgan fingerprint density at radius 1 is 1.09 bits per heavy atom. The Balaban J connectivity index is 1.56. The monoisotopic (exact) mass is 457 g/mol. The third-order valence-electron chi connectivity index (χ3n) is 5.59. The van der Waals surface area contributed by atoms with Gasteiger partial charge in [0.2, 0.25) is 0 Å². The third-order valence-corrected chi connectivity index (χ3v) is 5.59. The molecule has 174 valence electrons. The van der Waals surface area contributed by atoms with Gasteiger partial charge in [0.05, 0.1) is 24.5 Å². The number of hydrogen-bond acceptors (Lipinski definition) is 6. The molecule has 0 aliphatic carbocycles. The van der Waals surface area contributed by atoms with Crippen LogP contribution in [0.1, 0.15) is 48.3 Å². The second-order valence-electron chi connectivity index (χ2n) is 9.69. The van der Waals surface area contributed by atoms with Crippen molar-refractivity contribution in [2.45, 2.75) is 40.8 Å². The molecule has 0 amide bonds. The van der Waals surface area contributed by atoms with Crippen molar-refractivity contribution in [3.8, 4) is 22.8 Å². The fraction of sp³-hybridized carbons (Fsp3) is 0.308. The molecule has 4 aromatic rings. The lowest BCUT2D eigenvalue weighted by Gasteiger charge is -2.17. The molecule has 5 rings (SSSR count). The highest BCUT2D eigenvalue weighted by molar-refractivity contribution is 5.89. The van der Waals surface area contributed by atoms with Gasteiger partial charge in [-0.15, -0.1) is 10.2 Å². The van der Waals surface area contributed by atoms with Gasteiger partial charge in [0.25, 0.3) is 0 Å². The van der Waals surface area contributed by atoms with E-state index in [-0.39, 0.29) is 12.0 Å². The fourth-order valence-electron chi connectivity index (χ4n) is 3.91. The summed E-state index contributed by atoms with van der Waals surface area (Å²) in [5.41, 5.74) is 3.80. The van der Waals surface area contributed by atoms with Crippen LogP contribution in [-0.4, -0.2) is 36.9 Å². The number of benzene rings is 2. The molecule has 1 aliphatic heterocycles. The maximum absolute atomic E-state index is 13.0. The van der Waals surface area contributed by atoms with Gasteiger partial charge in [-0.05, 0) is 36.6 Å². The summed E-state index contributed by atoms with van der Waals surface area (Å²) in [5.74, 6) is 1.70. The van der Waals surface area contributed by atoms with Gasteiger partial charge in [0, 0.05) is 5.56 Å². The molecule has 0 fully saturated rings. The number of carbonyl (C=O) groups excluding carboxylic acids is 1. The molecule has 8 heteroatoms. The zero-order valence-corrected chi connectivity index (χ0v) is 19.8. The van der Waals surface area contributed by atoms with E-state index in [2.05, 4.69) is 21.2 Å². The Hall–Kier alpha value is -3.94. The molecular weight excluding hydrogens is 430 g/mol. The van der Waals surface area contributed by atoms with Crippen LogP contribution in [0, 0.1) is 12.3 Å². The van der Waals surface area contributed by atoms with Crippen LogP contribution in [0.4, 0.5) is 0 Å². The molecule has 1 aliphatic rings. The Morgan fingerprint density at radius 2 is 1.88 bits per heavy atom. The van der Waals surface area contributed by atoms with E-state index in [0.29, 0.717) is 24.7 Å². The fourth-order valence-corrected chi connectivity index (χ4v) is 3.91. The van der Waals surface area contributed by atoms with E-state index in [1.165, 1.54) is 0 Å². The normalized spacial score (nSPS) is 12.4. The first-order valence-corrected chi connectivity index (χ1v) is 11.2. The zero-order chi connectivity index (χ0) is 23.9. The highest BCUT2D eigenvalue weighted by Crippen LogP contribution is 2.33. The minimum Gasteiger partial charge on any atom is -0.486 e. The van der Waals surface area contributed by atoms with E-state index in [1.54, 1.807) is 6.33 Å². The number of aryl methyl sites for hydroxylation is 1. The summed E-state index contributed by atoms with van der Waals surface area (Å²) in [4.78, 5) is 17.4. The van der Waals surface area contributed by atoms with Crippen LogP contribution >= 0.6 is 0 Å². The molecule has 0 N–H and O–H groups in total. The van der Waals surface area contributed by atoms with Crippen LogP contribution in [-0.2, 0) is 17.9 Å². The van der Waals surface area contributed by atoms with Crippen molar-refractivity contribution in [1.29, 1.82) is 0 Å². The standard InChI is InChI=1S/C26H27N5O3/c1-17-10-11-20-19(12-17)24-29-28-22(14-33-18-8-6-5-7-9-18)30(24)13-21-23(27-16-31(20)21)25(32)34-15-26(2,3)4/h5-12,16H,13-15H2,1-4H3. The molecule has 34 heavy (non-hydrogen) atoms. The number of fused-ring (bicyclic) bond motifs is 5. The van der Waals surface area contributed by atoms with Crippen LogP contribution in [0.3, 0.4) is 0 Å². The molecule has 8 nitrogen and oxygen atoms in total. The lowest BCUT2D eigenvalue weighted by atomic mass is 9.99. The number of ether oxygens (including phenoxy) is 2. The van der Waals surface area contributed by atoms with Crippen LogP contribution in [0.15, 0.2) is 54.9 Å². The summed E-state index contributed by atoms with van der Waals surface area (Å²) < 4.78 is 15.5. The number of nitrogens with zero attached hydrogens (tertiary/aromatic N) is 5. The first-order chi connectivity index (χ1) is 16.3. The van der Waals surface area contributed by atoms with Crippen molar-refractivity contribution in [1.82, 2.24) is 24.3 Å². The number of imidazole rings is 1. The second-order valence-corrected chi connectivity index (χ2v) is 9.69. The predicted octanol–water partition coefficient (Wildman–Crippen LogP) is 4.58. The molecule has 0 unspecified atom stereocenters. The largest absolute Gasteiger partial charge is 0.486 e. The Bertz CT molecular complexity index is 1350. The molecule has 3 heterocycles. The Morgan fingerprint density at radius 3 is 2.65 bits per heavy atom. The first-order valence-electron chi connectivity index (χ1n) is 11.2. The smallest absolute Gasteiger partial charge is 0.358 e. The van der Waals surface area contributed by atoms with Crippen molar-refractivity contribution < 1.29 is 14.3 Å². The van der Waals surface area contributed by atoms with Gasteiger partial charge in [-0.2, -0.15) is 0 Å². The Kier molecular flexibility index (Phi) is 5.43. The van der Waals surface area contributed by atoms with Gasteiger partial charge >= 0.3 is 5.97 Å². The lowest BCUT2D eigenvalue weighted by molar-refractivity contribution is 0.0359. The maximum Gasteiger partial charge on any atom is 0.358 e. The molecule has 0 atom stereocenters. The summed E-state index contributed by atoms with van der Waals surface area (Å²) in [6.07, 6.45) is 1.68. The van der Waals surface area contributed by atoms with Gasteiger partial charge in [0.1, 0.15) is 18.7 Å². The van der Waals surface area contributed by atoms with Crippen molar-refractivity contribution >= 4 is 5.97 Å². The maximum atomic E-state index is 13.0. The van der Waals surface area contributed by atoms with Gasteiger partial charge < -0.3 is 14.0 Å². The lowest BCUT2D eigenvalue weighted by Crippen LogP contribution is -2.20. The van der Waals surface area contributed by atoms with Gasteiger partial charge in [-0.25, -0.2) is 9.78 Å². The highest BCUT2D eigenvalue weighted by Gasteiger charge is 2.29. The molecule has 2 aromatic carbocycles. The van der Waals surface area contributed by atoms with Gasteiger partial charge in [-0.1, -0.05) is 50.6 Å². The summed E-state index contributed by atoms with van der Waals surface area (Å²) in [5, 5.41) is 8.93. The van der Waals surface area contributed by atoms with Crippen molar-refractivity contribution in [3.63, 3.8) is 0 Å². The minimum atomic E-state index is -0.434. The number of para-hydroxylation sites is 1. The molecule has 0 radical (unpaired) electrons. The summed E-state index contributed by atoms with van der Waals surface area (Å²) in [7, 11) is 0. The topological polar surface area (TPSA) is 84.1 Å². The second kappa shape index (κ2) is 8.44. The van der Waals surface area contributed by atoms with E-state index in [0.717, 1.165) is 34.1 Å². The van der Waals surface area contributed by atoms with Crippen LogP contribution in [0.2, 0.25) is 0 Å². The van der Waals surface area contributed by atoms with E-state index >= 15 is 0 Å². The number of rotatable bonds is 5. The Labute approximate surface area is 198 Å². The highest BCUT2D eigenvalue weighted by atomic mass is 16.5. The average molecular weight is 458 g/mol. The molecule has 0 saturated carbocycles. The predicted molar refractivity (Wildman–Crippen MR) is 127 cm³/mol. The minimum absolute atomic E-state index is 0.139. The summed E-state index contributed by atoms with van der Waals surface area (Å²) >= 11 is 0. The van der Waals surface area contributed by atoms with E-state index in [1.807, 2.05) is 79.3 Å². The third kappa shape index (κ3) is 4.19. The number of aromatic nitrogens is 5. The van der Waals surface area contributed by atoms with Crippen molar-refractivity contribution in [2.24, 2.45) is 5.41 Å². The molecule has 0 bridgehead atoms. The first kappa shape index (κ1) is 21.9. The molecular formula is C26H27N5O3. The van der Waals surface area contributed by atoms with Crippen LogP contribution in [0.5, 0.6) is 5.75 Å². The van der Waals surface area contributed by atoms with Crippen LogP contribution < -0.4 is 4.74 Å². The van der Waals surface area contributed by atoms with Crippen LogP contribution in [0.25, 0.3) is 17.1 Å². The van der Waals surface area contributed by atoms with Gasteiger partial charge in [0.15, 0.2) is 17.3 Å². The van der Waals surface area contributed by atoms with Crippen molar-refractivity contribution in [2.75, 3.05) is 6.61 Å². The average Bonchev–Trinajstić information content (AvgIpc) is 3.38. The van der Waals surface area contributed by atoms with Crippen molar-refractivity contribution in [3.05, 3.63) is 77.6 Å². The molecule has 2 aromatic heterocycles. The summed E-state index contributed by atoms with van der Waals surface area (Å²) in [6.45, 7) is 9.02. The number of carbonyl (C=O) groups is 1. The summed E-state index contributed by atoms with van der Waals surface area (Å²) in [6, 6.07) is 15.7. The molecule has 0 spiro atoms. The zero-order valence-electron chi connectivity index (χ0n) is 19.8. The molecule has 0 saturated heterocycles. The SMILES string of the molecule is Cc1ccc2c(c1)-c1nnc(COc3ccccc3)n1Cc1c(C(=O)OCC(C)(C)C)ncn1-2. The van der Waals surface area contributed by atoms with E-state index < -0.39 is 5.97 Å². The number of esters is 1. The van der Waals surface area contributed by atoms with E-state index in [9.17, 15) is 4.79 Å². The number of hydrogen-bond donors (Lipinski definition) is 0. The van der Waals surface area contributed by atoms with Gasteiger partial charge in [-0.3, -0.25) is 4.57 Å². The quantitative estimate of drug-likeness (QED) is 0.359.